The molecule has 81 heavy (non-hydrogen) atoms. The molecule has 1 saturated carbocycles. The number of hydrogen-bond donors (Lipinski definition) is 5. The Kier molecular flexibility index (Phi) is 14.7. The molecule has 20 nitrogen and oxygen atoms in total. The van der Waals surface area contributed by atoms with Crippen molar-refractivity contribution in [3.8, 4) is 45.4 Å². The predicted molar refractivity (Wildman–Crippen MR) is 301 cm³/mol. The van der Waals surface area contributed by atoms with Crippen LogP contribution in [0.1, 0.15) is 92.3 Å². The van der Waals surface area contributed by atoms with Gasteiger partial charge in [-0.15, -0.1) is 5.10 Å². The molecule has 2 amide bonds. The fraction of sp³-hybridized carbons (Fsp3) is 0.417. The molecule has 3 saturated heterocycles. The summed E-state index contributed by atoms with van der Waals surface area (Å²) in [5.74, 6) is -0.0447. The topological polar surface area (TPSA) is 244 Å². The summed E-state index contributed by atoms with van der Waals surface area (Å²) in [6, 6.07) is 18.8. The number of benzene rings is 4. The van der Waals surface area contributed by atoms with Crippen molar-refractivity contribution < 1.29 is 38.4 Å². The minimum absolute atomic E-state index is 0.0298. The summed E-state index contributed by atoms with van der Waals surface area (Å²) in [4.78, 5) is 42.7. The van der Waals surface area contributed by atoms with Crippen LogP contribution in [0.4, 0.5) is 10.2 Å². The second-order valence-corrected chi connectivity index (χ2v) is 22.4. The van der Waals surface area contributed by atoms with Crippen LogP contribution >= 0.6 is 0 Å². The molecule has 0 unspecified atom stereocenters. The van der Waals surface area contributed by atoms with Gasteiger partial charge in [0.15, 0.2) is 5.75 Å². The van der Waals surface area contributed by atoms with Crippen molar-refractivity contribution in [2.24, 2.45) is 5.92 Å². The van der Waals surface area contributed by atoms with Gasteiger partial charge in [0.25, 0.3) is 0 Å². The number of carbonyl (C=O) groups excluding carboxylic acids is 2. The third-order valence-electron chi connectivity index (χ3n) is 16.5. The number of halogens is 1. The minimum Gasteiger partial charge on any atom is -0.486 e. The third-order valence-corrected chi connectivity index (χ3v) is 16.5. The maximum atomic E-state index is 16.1. The van der Waals surface area contributed by atoms with E-state index in [0.717, 1.165) is 88.0 Å². The van der Waals surface area contributed by atoms with E-state index in [1.165, 1.54) is 15.6 Å². The molecular weight excluding hydrogens is 1030 g/mol. The molecule has 3 aliphatic heterocycles. The van der Waals surface area contributed by atoms with Crippen LogP contribution in [0.25, 0.3) is 55.4 Å². The van der Waals surface area contributed by atoms with Gasteiger partial charge in [0.2, 0.25) is 11.8 Å². The Balaban J connectivity index is 0.820. The summed E-state index contributed by atoms with van der Waals surface area (Å²) < 4.78 is 36.6. The first kappa shape index (κ1) is 53.7. The first-order valence-electron chi connectivity index (χ1n) is 27.8. The Labute approximate surface area is 467 Å². The monoisotopic (exact) mass is 1100 g/mol. The van der Waals surface area contributed by atoms with E-state index in [1.807, 2.05) is 82.3 Å². The van der Waals surface area contributed by atoms with Gasteiger partial charge < -0.3 is 44.9 Å². The maximum Gasteiger partial charge on any atom is 0.319 e. The summed E-state index contributed by atoms with van der Waals surface area (Å²) in [5, 5.41) is 54.1. The van der Waals surface area contributed by atoms with Crippen LogP contribution in [-0.4, -0.2) is 143 Å². The fourth-order valence-electron chi connectivity index (χ4n) is 11.9. The first-order chi connectivity index (χ1) is 39.2. The second kappa shape index (κ2) is 22.2. The smallest absolute Gasteiger partial charge is 0.319 e. The number of ether oxygens (including phenoxy) is 3. The number of methoxy groups -OCH3 is 1. The largest absolute Gasteiger partial charge is 0.486 e. The summed E-state index contributed by atoms with van der Waals surface area (Å²) >= 11 is 0. The van der Waals surface area contributed by atoms with Crippen molar-refractivity contribution in [2.45, 2.75) is 115 Å². The number of likely N-dealkylation sites (tertiary alicyclic amines) is 1. The molecular formula is C60H66FN13O7. The van der Waals surface area contributed by atoms with Gasteiger partial charge in [0, 0.05) is 84.5 Å². The van der Waals surface area contributed by atoms with Gasteiger partial charge >= 0.3 is 6.01 Å². The average Bonchev–Trinajstić information content (AvgIpc) is 4.07. The third kappa shape index (κ3) is 10.4. The predicted octanol–water partition coefficient (Wildman–Crippen LogP) is 7.07. The van der Waals surface area contributed by atoms with Crippen molar-refractivity contribution in [2.75, 3.05) is 44.9 Å². The van der Waals surface area contributed by atoms with Gasteiger partial charge in [-0.2, -0.15) is 25.3 Å². The molecule has 4 aromatic carbocycles. The molecule has 0 radical (unpaired) electrons. The zero-order valence-corrected chi connectivity index (χ0v) is 46.1. The normalized spacial score (nSPS) is 19.9. The molecule has 7 heterocycles. The Bertz CT molecular complexity index is 3650. The molecule has 2 bridgehead atoms. The van der Waals surface area contributed by atoms with Gasteiger partial charge in [-0.05, 0) is 97.9 Å². The van der Waals surface area contributed by atoms with Crippen molar-refractivity contribution in [3.05, 3.63) is 119 Å². The van der Waals surface area contributed by atoms with Crippen molar-refractivity contribution in [1.29, 1.82) is 0 Å². The van der Waals surface area contributed by atoms with E-state index < -0.39 is 30.1 Å². The summed E-state index contributed by atoms with van der Waals surface area (Å²) in [5.41, 5.74) is 9.38. The van der Waals surface area contributed by atoms with Crippen LogP contribution in [0, 0.1) is 25.6 Å². The van der Waals surface area contributed by atoms with Crippen LogP contribution < -0.4 is 25.0 Å². The first-order valence-corrected chi connectivity index (χ1v) is 27.8. The quantitative estimate of drug-likeness (QED) is 0.0543. The Morgan fingerprint density at radius 3 is 2.42 bits per heavy atom. The number of β-amino-alcohol motifs (C(OH)–C–C–N with tert-alkyl or cyclic N) is 1. The Morgan fingerprint density at radius 1 is 0.926 bits per heavy atom. The van der Waals surface area contributed by atoms with Crippen molar-refractivity contribution >= 4 is 39.4 Å². The molecule has 5 N–H and O–H groups in total. The van der Waals surface area contributed by atoms with Gasteiger partial charge in [-0.1, -0.05) is 67.6 Å². The standard InChI is InChI=1S/C60H66FN13O7/c1-31(2)55(59(78)73-26-42(76)20-50(73)58(77)65-49(28-75)38-13-15-39(16-14-38)53-32(3)17-18-63-70-53)74-27-48(69-71-74)37-9-7-35(8-10-37)30-80-56-52(51-34(5)46(61)22-47-45(51)24-64-68-47)43(36-11-12-36)21-44-54(56)66-60(81-29-33(4)79-6)67-57(44)72-25-40-19-41(72)23-62-40/h7-10,13-18,21-22,24,27,31,33,36,40-42,49-50,55,62,75-76H,11-12,19-20,23,25-26,28-30H2,1-6H3,(H,64,68)(H,65,77)/t33-,40-,41-,42+,49-,50-,55-/m0/s1. The molecule has 7 atom stereocenters. The highest BCUT2D eigenvalue weighted by Gasteiger charge is 2.44. The molecule has 4 fully saturated rings. The highest BCUT2D eigenvalue weighted by molar-refractivity contribution is 6.06. The lowest BCUT2D eigenvalue weighted by atomic mass is 9.88. The van der Waals surface area contributed by atoms with Crippen LogP contribution in [0.3, 0.4) is 0 Å². The zero-order chi connectivity index (χ0) is 56.2. The fourth-order valence-corrected chi connectivity index (χ4v) is 11.9. The molecule has 1 aliphatic carbocycles. The number of fused-ring (bicyclic) bond motifs is 4. The number of nitrogens with zero attached hydrogens (tertiary/aromatic N) is 10. The molecule has 0 spiro atoms. The average molecular weight is 1100 g/mol. The molecule has 8 aromatic rings. The second-order valence-electron chi connectivity index (χ2n) is 22.4. The summed E-state index contributed by atoms with van der Waals surface area (Å²) in [6.45, 7) is 11.0. The number of aromatic nitrogens is 9. The number of amides is 2. The maximum absolute atomic E-state index is 16.1. The number of H-pyrrole nitrogens is 1. The lowest BCUT2D eigenvalue weighted by molar-refractivity contribution is -0.142. The van der Waals surface area contributed by atoms with Crippen LogP contribution in [0.5, 0.6) is 11.8 Å². The van der Waals surface area contributed by atoms with E-state index in [0.29, 0.717) is 45.2 Å². The SMILES string of the molecule is CO[C@@H](C)COc1nc(N2C[C@@H]3C[C@H]2CN3)c2cc(C3CC3)c(-c3c(C)c(F)cc4[nH]ncc34)c(OCc3ccc(-c4cn([C@H](C(=O)N5C[C@H](O)C[C@H]5C(=O)N[C@@H](CO)c5ccc(-c6nnccc6C)cc5)C(C)C)nn4)cc3)c2n1. The number of rotatable bonds is 19. The molecule has 4 aliphatic rings. The number of aliphatic hydroxyl groups excluding tert-OH is 2. The van der Waals surface area contributed by atoms with E-state index in [1.54, 1.807) is 32.6 Å². The van der Waals surface area contributed by atoms with Gasteiger partial charge in [0.1, 0.15) is 48.1 Å². The summed E-state index contributed by atoms with van der Waals surface area (Å²) in [7, 11) is 1.63. The molecule has 4 aromatic heterocycles. The van der Waals surface area contributed by atoms with E-state index in [9.17, 15) is 19.8 Å². The number of aromatic amines is 1. The number of aliphatic hydroxyl groups is 2. The number of piperazine rings is 1. The van der Waals surface area contributed by atoms with Gasteiger partial charge in [-0.25, -0.2) is 9.07 Å². The zero-order valence-electron chi connectivity index (χ0n) is 46.1. The highest BCUT2D eigenvalue weighted by atomic mass is 19.1. The van der Waals surface area contributed by atoms with Gasteiger partial charge in [-0.3, -0.25) is 14.7 Å². The Hall–Kier alpha value is -7.98. The number of carbonyl (C=O) groups is 2. The molecule has 420 valence electrons. The van der Waals surface area contributed by atoms with Crippen LogP contribution in [-0.2, 0) is 20.9 Å². The molecule has 12 rings (SSSR count). The van der Waals surface area contributed by atoms with E-state index >= 15 is 4.39 Å². The van der Waals surface area contributed by atoms with Gasteiger partial charge in [0.05, 0.1) is 48.5 Å². The van der Waals surface area contributed by atoms with E-state index in [-0.39, 0.29) is 74.5 Å². The summed E-state index contributed by atoms with van der Waals surface area (Å²) in [6.07, 6.45) is 6.91. The van der Waals surface area contributed by atoms with E-state index in [2.05, 4.69) is 52.3 Å². The lowest BCUT2D eigenvalue weighted by Crippen LogP contribution is -2.50. The van der Waals surface area contributed by atoms with Crippen LogP contribution in [0.15, 0.2) is 85.3 Å². The number of nitrogens with one attached hydrogen (secondary N) is 3. The van der Waals surface area contributed by atoms with E-state index in [4.69, 9.17) is 24.2 Å². The highest BCUT2D eigenvalue weighted by Crippen LogP contribution is 2.53. The van der Waals surface area contributed by atoms with Crippen molar-refractivity contribution in [3.63, 3.8) is 0 Å². The number of aryl methyl sites for hydroxylation is 1. The lowest BCUT2D eigenvalue weighted by Gasteiger charge is -2.30. The number of anilines is 1. The molecule has 21 heteroatoms. The minimum atomic E-state index is -0.996. The van der Waals surface area contributed by atoms with Crippen molar-refractivity contribution in [1.82, 2.24) is 60.9 Å². The Morgan fingerprint density at radius 2 is 1.72 bits per heavy atom. The number of hydrogen-bond acceptors (Lipinski definition) is 16. The van der Waals surface area contributed by atoms with Crippen LogP contribution in [0.2, 0.25) is 0 Å².